The lowest BCUT2D eigenvalue weighted by Crippen LogP contribution is -2.34. The lowest BCUT2D eigenvalue weighted by atomic mass is 10.1. The van der Waals surface area contributed by atoms with Crippen molar-refractivity contribution in [1.82, 2.24) is 24.9 Å². The molecule has 2 aliphatic heterocycles. The zero-order valence-electron chi connectivity index (χ0n) is 15.5. The normalized spacial score (nSPS) is 28.2. The summed E-state index contributed by atoms with van der Waals surface area (Å²) in [5, 5.41) is 20.4. The monoisotopic (exact) mass is 403 g/mol. The van der Waals surface area contributed by atoms with Gasteiger partial charge < -0.3 is 30.8 Å². The van der Waals surface area contributed by atoms with Crippen LogP contribution in [0.1, 0.15) is 13.2 Å². The van der Waals surface area contributed by atoms with E-state index in [1.807, 2.05) is 12.2 Å². The van der Waals surface area contributed by atoms with E-state index in [2.05, 4.69) is 25.8 Å². The van der Waals surface area contributed by atoms with Crippen molar-refractivity contribution in [1.29, 1.82) is 0 Å². The number of fused-ring (bicyclic) bond motifs is 1. The maximum absolute atomic E-state index is 11.6. The van der Waals surface area contributed by atoms with Gasteiger partial charge in [0.1, 0.15) is 23.8 Å². The molecule has 0 spiro atoms. The number of hydrogen-bond acceptors (Lipinski definition) is 11. The second-order valence-corrected chi connectivity index (χ2v) is 6.70. The molecule has 154 valence electrons. The number of Topliss-reactive ketones (excluding diaryl/α,β-unsaturated/α-hetero) is 1. The number of anilines is 2. The second-order valence-electron chi connectivity index (χ2n) is 6.70. The van der Waals surface area contributed by atoms with Gasteiger partial charge in [-0.3, -0.25) is 14.8 Å². The number of hydrogen-bond donors (Lipinski definition) is 5. The van der Waals surface area contributed by atoms with Crippen molar-refractivity contribution < 1.29 is 24.5 Å². The zero-order chi connectivity index (χ0) is 20.5. The molecule has 1 fully saturated rings. The first kappa shape index (κ1) is 19.3. The van der Waals surface area contributed by atoms with E-state index in [4.69, 9.17) is 15.2 Å². The number of ketones is 1. The van der Waals surface area contributed by atoms with Crippen LogP contribution in [0.25, 0.3) is 11.2 Å². The smallest absolute Gasteiger partial charge is 0.245 e. The first-order valence-corrected chi connectivity index (χ1v) is 8.92. The van der Waals surface area contributed by atoms with Crippen molar-refractivity contribution in [3.05, 3.63) is 30.3 Å². The number of carbonyl (C=O) groups is 1. The Morgan fingerprint density at radius 3 is 2.90 bits per heavy atom. The first-order valence-electron chi connectivity index (χ1n) is 8.92. The fourth-order valence-corrected chi connectivity index (χ4v) is 3.18. The van der Waals surface area contributed by atoms with Crippen LogP contribution in [-0.4, -0.2) is 67.0 Å². The summed E-state index contributed by atoms with van der Waals surface area (Å²) >= 11 is 0. The van der Waals surface area contributed by atoms with Crippen LogP contribution in [0.5, 0.6) is 0 Å². The van der Waals surface area contributed by atoms with Crippen molar-refractivity contribution >= 4 is 28.7 Å². The summed E-state index contributed by atoms with van der Waals surface area (Å²) in [5.41, 5.74) is 13.1. The molecule has 1 saturated heterocycles. The maximum atomic E-state index is 11.6. The highest BCUT2D eigenvalue weighted by Crippen LogP contribution is 2.32. The van der Waals surface area contributed by atoms with Crippen LogP contribution < -0.4 is 16.6 Å². The van der Waals surface area contributed by atoms with Crippen LogP contribution in [0.4, 0.5) is 11.8 Å². The average molecular weight is 403 g/mol. The second kappa shape index (κ2) is 7.75. The molecular weight excluding hydrogens is 382 g/mol. The van der Waals surface area contributed by atoms with Gasteiger partial charge in [-0.15, -0.1) is 0 Å². The van der Waals surface area contributed by atoms with Gasteiger partial charge in [-0.05, 0) is 12.5 Å². The average Bonchev–Trinajstić information content (AvgIpc) is 3.25. The van der Waals surface area contributed by atoms with Gasteiger partial charge in [0.05, 0.1) is 19.5 Å². The summed E-state index contributed by atoms with van der Waals surface area (Å²) in [7, 11) is 0. The fraction of sp³-hybridized carbons (Fsp3) is 0.412. The molecule has 0 aliphatic carbocycles. The molecular formula is C17H21N7O5. The molecule has 0 unspecified atom stereocenters. The highest BCUT2D eigenvalue weighted by molar-refractivity contribution is 5.83. The quantitative estimate of drug-likeness (QED) is 0.388. The molecule has 0 saturated carbocycles. The third-order valence-corrected chi connectivity index (χ3v) is 4.62. The molecule has 12 heteroatoms. The van der Waals surface area contributed by atoms with Gasteiger partial charge in [-0.2, -0.15) is 9.97 Å². The van der Waals surface area contributed by atoms with Crippen molar-refractivity contribution in [3.8, 4) is 0 Å². The number of nitrogen functional groups attached to an aromatic ring is 1. The topological polar surface area (TPSA) is 170 Å². The molecule has 2 aromatic rings. The number of nitrogens with two attached hydrogens (primary N) is 1. The number of aliphatic hydroxyl groups excluding tert-OH is 2. The highest BCUT2D eigenvalue weighted by Gasteiger charge is 2.46. The minimum Gasteiger partial charge on any atom is -0.387 e. The largest absolute Gasteiger partial charge is 0.387 e. The summed E-state index contributed by atoms with van der Waals surface area (Å²) in [6.07, 6.45) is 2.01. The fourth-order valence-electron chi connectivity index (χ4n) is 3.18. The summed E-state index contributed by atoms with van der Waals surface area (Å²) in [6, 6.07) is 0. The van der Waals surface area contributed by atoms with E-state index in [0.717, 1.165) is 5.57 Å². The van der Waals surface area contributed by atoms with Gasteiger partial charge in [0, 0.05) is 6.20 Å². The molecule has 4 atom stereocenters. The molecule has 0 radical (unpaired) electrons. The molecule has 2 aromatic heterocycles. The summed E-state index contributed by atoms with van der Waals surface area (Å²) in [5.74, 6) is -0.119. The van der Waals surface area contributed by atoms with E-state index in [1.165, 1.54) is 17.8 Å². The van der Waals surface area contributed by atoms with Gasteiger partial charge in [-0.1, -0.05) is 12.2 Å². The van der Waals surface area contributed by atoms with E-state index in [-0.39, 0.29) is 17.4 Å². The van der Waals surface area contributed by atoms with Gasteiger partial charge in [0.2, 0.25) is 5.95 Å². The standard InChI is InChI=1S/C17H21N7O5/c1-8(25)13-11(26)12(27)16(29-13)24-7-19-10-14(18)21-17(22-15(10)24)23-20-5-9-3-2-4-28-6-9/h2-3,5,7,11-13,16,20,26-27H,4,6H2,1H3,(H3,18,21,22,23)/t11-,12+,13+,16+/m0/s1. The number of ether oxygens (including phenoxy) is 2. The van der Waals surface area contributed by atoms with Crippen LogP contribution in [0.3, 0.4) is 0 Å². The summed E-state index contributed by atoms with van der Waals surface area (Å²) in [6.45, 7) is 2.35. The Balaban J connectivity index is 1.59. The van der Waals surface area contributed by atoms with Crippen LogP contribution >= 0.6 is 0 Å². The van der Waals surface area contributed by atoms with Crippen LogP contribution in [0.2, 0.25) is 0 Å². The molecule has 4 heterocycles. The molecule has 12 nitrogen and oxygen atoms in total. The zero-order valence-corrected chi connectivity index (χ0v) is 15.5. The Kier molecular flexibility index (Phi) is 5.15. The van der Waals surface area contributed by atoms with E-state index in [9.17, 15) is 15.0 Å². The lowest BCUT2D eigenvalue weighted by molar-refractivity contribution is -0.133. The molecule has 2 aliphatic rings. The number of nitrogens with zero attached hydrogens (tertiary/aromatic N) is 4. The van der Waals surface area contributed by atoms with Gasteiger partial charge in [0.15, 0.2) is 23.5 Å². The summed E-state index contributed by atoms with van der Waals surface area (Å²) in [4.78, 5) is 24.3. The lowest BCUT2D eigenvalue weighted by Gasteiger charge is -2.16. The number of imidazole rings is 1. The molecule has 0 amide bonds. The molecule has 4 rings (SSSR count). The third kappa shape index (κ3) is 3.65. The predicted octanol–water partition coefficient (Wildman–Crippen LogP) is -0.996. The van der Waals surface area contributed by atoms with Crippen LogP contribution in [0, 0.1) is 0 Å². The van der Waals surface area contributed by atoms with Gasteiger partial charge >= 0.3 is 0 Å². The van der Waals surface area contributed by atoms with E-state index in [1.54, 1.807) is 6.20 Å². The molecule has 29 heavy (non-hydrogen) atoms. The number of rotatable bonds is 5. The number of hydrazine groups is 1. The minimum atomic E-state index is -1.36. The predicted molar refractivity (Wildman–Crippen MR) is 101 cm³/mol. The first-order chi connectivity index (χ1) is 14.0. The number of nitrogens with one attached hydrogen (secondary N) is 2. The van der Waals surface area contributed by atoms with Crippen LogP contribution in [-0.2, 0) is 14.3 Å². The number of aliphatic hydroxyl groups is 2. The molecule has 0 bridgehead atoms. The summed E-state index contributed by atoms with van der Waals surface area (Å²) < 4.78 is 12.3. The number of carbonyl (C=O) groups excluding carboxylic acids is 1. The van der Waals surface area contributed by atoms with Gasteiger partial charge in [-0.25, -0.2) is 4.98 Å². The Morgan fingerprint density at radius 2 is 2.21 bits per heavy atom. The van der Waals surface area contributed by atoms with Crippen LogP contribution in [0.15, 0.2) is 30.3 Å². The number of aromatic nitrogens is 4. The Labute approximate surface area is 165 Å². The van der Waals surface area contributed by atoms with E-state index < -0.39 is 30.3 Å². The SMILES string of the molecule is CC(=O)[C@H]1O[C@@H](n2cnc3c(N)nc(NNC=C4C=CCOC4)nc32)[C@H](O)[C@@H]1O. The Bertz CT molecular complexity index is 988. The van der Waals surface area contributed by atoms with E-state index in [0.29, 0.717) is 18.7 Å². The molecule has 6 N–H and O–H groups in total. The van der Waals surface area contributed by atoms with Crippen molar-refractivity contribution in [2.75, 3.05) is 24.4 Å². The van der Waals surface area contributed by atoms with E-state index >= 15 is 0 Å². The Morgan fingerprint density at radius 1 is 1.38 bits per heavy atom. The molecule has 0 aromatic carbocycles. The third-order valence-electron chi connectivity index (χ3n) is 4.62. The highest BCUT2D eigenvalue weighted by atomic mass is 16.6. The van der Waals surface area contributed by atoms with Crippen molar-refractivity contribution in [3.63, 3.8) is 0 Å². The van der Waals surface area contributed by atoms with Crippen molar-refractivity contribution in [2.45, 2.75) is 31.5 Å². The van der Waals surface area contributed by atoms with Gasteiger partial charge in [0.25, 0.3) is 0 Å². The Hall–Kier alpha value is -3.06. The maximum Gasteiger partial charge on any atom is 0.245 e. The minimum absolute atomic E-state index is 0.114. The van der Waals surface area contributed by atoms with Crippen molar-refractivity contribution in [2.24, 2.45) is 0 Å².